The molecule has 1 heterocycles. The summed E-state index contributed by atoms with van der Waals surface area (Å²) in [5, 5.41) is 2.89. The molecule has 36 heavy (non-hydrogen) atoms. The van der Waals surface area contributed by atoms with Crippen LogP contribution in [0.15, 0.2) is 91.3 Å². The molecule has 8 nitrogen and oxygen atoms in total. The topological polar surface area (TPSA) is 113 Å². The van der Waals surface area contributed by atoms with Crippen molar-refractivity contribution < 1.29 is 23.8 Å². The summed E-state index contributed by atoms with van der Waals surface area (Å²) in [7, 11) is 1.56. The van der Waals surface area contributed by atoms with E-state index in [0.29, 0.717) is 40.7 Å². The molecule has 3 aromatic carbocycles. The highest BCUT2D eigenvalue weighted by Crippen LogP contribution is 2.31. The molecule has 0 spiro atoms. The number of methoxy groups -OCH3 is 1. The quantitative estimate of drug-likeness (QED) is 0.341. The maximum atomic E-state index is 12.9. The van der Waals surface area contributed by atoms with Crippen LogP contribution in [-0.2, 0) is 13.2 Å². The predicted molar refractivity (Wildman–Crippen MR) is 135 cm³/mol. The number of anilines is 1. The molecule has 0 atom stereocenters. The summed E-state index contributed by atoms with van der Waals surface area (Å²) in [6.45, 7) is 0.498. The molecule has 0 aliphatic heterocycles. The van der Waals surface area contributed by atoms with Crippen LogP contribution < -0.4 is 25.3 Å². The molecule has 0 radical (unpaired) electrons. The van der Waals surface area contributed by atoms with Gasteiger partial charge in [0.25, 0.3) is 11.8 Å². The number of carbonyl (C=O) groups is 2. The van der Waals surface area contributed by atoms with E-state index in [9.17, 15) is 9.59 Å². The van der Waals surface area contributed by atoms with Crippen LogP contribution in [-0.4, -0.2) is 23.9 Å². The molecular formula is C28H25N3O5. The van der Waals surface area contributed by atoms with E-state index in [0.717, 1.165) is 11.1 Å². The second-order valence-electron chi connectivity index (χ2n) is 7.81. The van der Waals surface area contributed by atoms with Gasteiger partial charge in [0.05, 0.1) is 12.7 Å². The van der Waals surface area contributed by atoms with Crippen molar-refractivity contribution in [3.8, 4) is 17.2 Å². The van der Waals surface area contributed by atoms with Crippen molar-refractivity contribution in [2.75, 3.05) is 12.4 Å². The smallest absolute Gasteiger partial charge is 0.255 e. The molecule has 0 aliphatic carbocycles. The third-order valence-corrected chi connectivity index (χ3v) is 5.30. The Labute approximate surface area is 208 Å². The Morgan fingerprint density at radius 1 is 0.806 bits per heavy atom. The van der Waals surface area contributed by atoms with Crippen LogP contribution in [0, 0.1) is 0 Å². The summed E-state index contributed by atoms with van der Waals surface area (Å²) < 4.78 is 17.1. The van der Waals surface area contributed by atoms with Crippen LogP contribution in [0.2, 0.25) is 0 Å². The van der Waals surface area contributed by atoms with E-state index in [2.05, 4.69) is 10.3 Å². The molecule has 182 valence electrons. The number of carbonyl (C=O) groups excluding carboxylic acids is 2. The van der Waals surface area contributed by atoms with Crippen LogP contribution in [0.25, 0.3) is 0 Å². The van der Waals surface area contributed by atoms with E-state index < -0.39 is 5.91 Å². The average Bonchev–Trinajstić information content (AvgIpc) is 2.91. The minimum Gasteiger partial charge on any atom is -0.493 e. The van der Waals surface area contributed by atoms with Crippen LogP contribution >= 0.6 is 0 Å². The molecule has 4 aromatic rings. The van der Waals surface area contributed by atoms with Gasteiger partial charge in [0, 0.05) is 29.7 Å². The maximum Gasteiger partial charge on any atom is 0.255 e. The molecule has 0 saturated carbocycles. The van der Waals surface area contributed by atoms with Gasteiger partial charge in [-0.15, -0.1) is 0 Å². The monoisotopic (exact) mass is 483 g/mol. The fourth-order valence-electron chi connectivity index (χ4n) is 3.47. The van der Waals surface area contributed by atoms with Gasteiger partial charge in [-0.2, -0.15) is 0 Å². The number of para-hydroxylation sites is 1. The van der Waals surface area contributed by atoms with Crippen LogP contribution in [0.5, 0.6) is 17.2 Å². The lowest BCUT2D eigenvalue weighted by Gasteiger charge is -2.13. The molecule has 2 amide bonds. The van der Waals surface area contributed by atoms with Gasteiger partial charge in [-0.3, -0.25) is 14.6 Å². The van der Waals surface area contributed by atoms with E-state index in [-0.39, 0.29) is 12.5 Å². The lowest BCUT2D eigenvalue weighted by molar-refractivity contribution is 0.0994. The molecular weight excluding hydrogens is 458 g/mol. The zero-order valence-corrected chi connectivity index (χ0v) is 19.6. The van der Waals surface area contributed by atoms with Gasteiger partial charge in [-0.25, -0.2) is 0 Å². The number of pyridine rings is 1. The number of amides is 2. The Hall–Kier alpha value is -4.85. The zero-order valence-electron chi connectivity index (χ0n) is 19.6. The largest absolute Gasteiger partial charge is 0.493 e. The number of aromatic nitrogens is 1. The standard InChI is InChI=1S/C28H25N3O5/c1-34-25-10-9-22(16-26(25)36-17-19-11-13-30-14-12-19)31-28(33)21-6-4-5-20(15-21)18-35-24-8-3-2-7-23(24)27(29)32/h2-16H,17-18H2,1H3,(H2,29,32)(H,31,33). The first kappa shape index (κ1) is 24.3. The molecule has 0 bridgehead atoms. The van der Waals surface area contributed by atoms with Gasteiger partial charge in [0.15, 0.2) is 11.5 Å². The second kappa shape index (κ2) is 11.5. The van der Waals surface area contributed by atoms with Crippen molar-refractivity contribution in [2.24, 2.45) is 5.73 Å². The van der Waals surface area contributed by atoms with E-state index in [1.54, 1.807) is 80.2 Å². The Morgan fingerprint density at radius 2 is 1.56 bits per heavy atom. The second-order valence-corrected chi connectivity index (χ2v) is 7.81. The average molecular weight is 484 g/mol. The zero-order chi connectivity index (χ0) is 25.3. The third kappa shape index (κ3) is 6.18. The normalized spacial score (nSPS) is 10.4. The summed E-state index contributed by atoms with van der Waals surface area (Å²) in [5.41, 5.74) is 8.44. The number of ether oxygens (including phenoxy) is 3. The molecule has 0 fully saturated rings. The predicted octanol–water partition coefficient (Wildman–Crippen LogP) is 4.60. The number of benzene rings is 3. The molecule has 3 N–H and O–H groups in total. The number of nitrogens with one attached hydrogen (secondary N) is 1. The Bertz CT molecular complexity index is 1360. The molecule has 4 rings (SSSR count). The van der Waals surface area contributed by atoms with Crippen molar-refractivity contribution in [2.45, 2.75) is 13.2 Å². The van der Waals surface area contributed by atoms with Crippen molar-refractivity contribution in [1.82, 2.24) is 4.98 Å². The van der Waals surface area contributed by atoms with Crippen LogP contribution in [0.3, 0.4) is 0 Å². The van der Waals surface area contributed by atoms with Gasteiger partial charge < -0.3 is 25.3 Å². The Balaban J connectivity index is 1.43. The van der Waals surface area contributed by atoms with E-state index >= 15 is 0 Å². The van der Waals surface area contributed by atoms with E-state index in [1.165, 1.54) is 0 Å². The van der Waals surface area contributed by atoms with Crippen LogP contribution in [0.1, 0.15) is 31.8 Å². The van der Waals surface area contributed by atoms with Crippen molar-refractivity contribution in [3.63, 3.8) is 0 Å². The van der Waals surface area contributed by atoms with Gasteiger partial charge in [0.2, 0.25) is 0 Å². The molecule has 0 saturated heterocycles. The first-order valence-electron chi connectivity index (χ1n) is 11.1. The van der Waals surface area contributed by atoms with Crippen molar-refractivity contribution in [1.29, 1.82) is 0 Å². The van der Waals surface area contributed by atoms with E-state index in [1.807, 2.05) is 18.2 Å². The first-order chi connectivity index (χ1) is 17.5. The van der Waals surface area contributed by atoms with Gasteiger partial charge in [-0.05, 0) is 59.7 Å². The van der Waals surface area contributed by atoms with Crippen molar-refractivity contribution >= 4 is 17.5 Å². The number of nitrogens with two attached hydrogens (primary N) is 1. The maximum absolute atomic E-state index is 12.9. The SMILES string of the molecule is COc1ccc(NC(=O)c2cccc(COc3ccccc3C(N)=O)c2)cc1OCc1ccncc1. The highest BCUT2D eigenvalue weighted by Gasteiger charge is 2.12. The fourth-order valence-corrected chi connectivity index (χ4v) is 3.47. The number of nitrogens with zero attached hydrogens (tertiary/aromatic N) is 1. The third-order valence-electron chi connectivity index (χ3n) is 5.30. The summed E-state index contributed by atoms with van der Waals surface area (Å²) in [6.07, 6.45) is 3.39. The summed E-state index contributed by atoms with van der Waals surface area (Å²) in [4.78, 5) is 28.5. The van der Waals surface area contributed by atoms with Gasteiger partial charge >= 0.3 is 0 Å². The highest BCUT2D eigenvalue weighted by molar-refractivity contribution is 6.04. The molecule has 0 unspecified atom stereocenters. The minimum absolute atomic E-state index is 0.168. The van der Waals surface area contributed by atoms with Gasteiger partial charge in [0.1, 0.15) is 19.0 Å². The van der Waals surface area contributed by atoms with Gasteiger partial charge in [-0.1, -0.05) is 24.3 Å². The Kier molecular flexibility index (Phi) is 7.77. The van der Waals surface area contributed by atoms with Crippen LogP contribution in [0.4, 0.5) is 5.69 Å². The minimum atomic E-state index is -0.567. The summed E-state index contributed by atoms with van der Waals surface area (Å²) in [5.74, 6) is 0.583. The summed E-state index contributed by atoms with van der Waals surface area (Å²) in [6, 6.07) is 22.7. The fraction of sp³-hybridized carbons (Fsp3) is 0.107. The molecule has 8 heteroatoms. The van der Waals surface area contributed by atoms with Crippen molar-refractivity contribution in [3.05, 3.63) is 114 Å². The summed E-state index contributed by atoms with van der Waals surface area (Å²) >= 11 is 0. The number of primary amides is 1. The highest BCUT2D eigenvalue weighted by atomic mass is 16.5. The Morgan fingerprint density at radius 3 is 2.33 bits per heavy atom. The lowest BCUT2D eigenvalue weighted by Crippen LogP contribution is -2.14. The number of rotatable bonds is 10. The molecule has 0 aliphatic rings. The lowest BCUT2D eigenvalue weighted by atomic mass is 10.1. The first-order valence-corrected chi connectivity index (χ1v) is 11.1. The number of hydrogen-bond acceptors (Lipinski definition) is 6. The van der Waals surface area contributed by atoms with E-state index in [4.69, 9.17) is 19.9 Å². The molecule has 1 aromatic heterocycles. The number of hydrogen-bond donors (Lipinski definition) is 2.